The van der Waals surface area contributed by atoms with Crippen LogP contribution < -0.4 is 10.2 Å². The second-order valence-corrected chi connectivity index (χ2v) is 9.57. The number of benzene rings is 2. The molecule has 180 valence electrons. The van der Waals surface area contributed by atoms with Gasteiger partial charge < -0.3 is 10.2 Å². The van der Waals surface area contributed by atoms with Crippen LogP contribution in [0.1, 0.15) is 29.5 Å². The second-order valence-electron chi connectivity index (χ2n) is 9.16. The highest BCUT2D eigenvalue weighted by molar-refractivity contribution is 6.30. The van der Waals surface area contributed by atoms with Crippen LogP contribution in [0.2, 0.25) is 5.02 Å². The van der Waals surface area contributed by atoms with Crippen molar-refractivity contribution in [3.8, 4) is 11.3 Å². The maximum absolute atomic E-state index is 13.4. The van der Waals surface area contributed by atoms with Crippen LogP contribution in [-0.4, -0.2) is 33.6 Å². The van der Waals surface area contributed by atoms with Crippen molar-refractivity contribution in [3.63, 3.8) is 0 Å². The summed E-state index contributed by atoms with van der Waals surface area (Å²) in [6.07, 6.45) is 5.30. The van der Waals surface area contributed by atoms with Crippen LogP contribution in [0.15, 0.2) is 54.9 Å². The van der Waals surface area contributed by atoms with Gasteiger partial charge in [-0.15, -0.1) is 0 Å². The smallest absolute Gasteiger partial charge is 0.225 e. The lowest BCUT2D eigenvalue weighted by atomic mass is 9.97. The van der Waals surface area contributed by atoms with E-state index in [9.17, 15) is 9.18 Å². The molecule has 1 aliphatic heterocycles. The maximum Gasteiger partial charge on any atom is 0.225 e. The van der Waals surface area contributed by atoms with Gasteiger partial charge >= 0.3 is 0 Å². The lowest BCUT2D eigenvalue weighted by Gasteiger charge is -2.33. The molecule has 5 rings (SSSR count). The second kappa shape index (κ2) is 9.66. The average molecular weight is 492 g/mol. The number of carbonyl (C=O) groups is 1. The number of anilines is 1. The standard InChI is InChI=1S/C27H27ClFN5O/c1-17-5-7-20(12-18(17)2)24-14-25-26(30-9-11-34(25)32-24)33-10-3-4-21(16-33)27(35)31-15-19-6-8-23(29)22(28)13-19/h5-9,11-14,21H,3-4,10,15-16H2,1-2H3,(H,31,35). The summed E-state index contributed by atoms with van der Waals surface area (Å²) in [5.41, 5.74) is 6.13. The maximum atomic E-state index is 13.4. The fourth-order valence-corrected chi connectivity index (χ4v) is 4.76. The highest BCUT2D eigenvalue weighted by Crippen LogP contribution is 2.29. The Balaban J connectivity index is 1.33. The van der Waals surface area contributed by atoms with E-state index < -0.39 is 5.82 Å². The van der Waals surface area contributed by atoms with Gasteiger partial charge in [0.05, 0.1) is 16.6 Å². The molecule has 2 aromatic carbocycles. The number of piperidine rings is 1. The monoisotopic (exact) mass is 491 g/mol. The predicted molar refractivity (Wildman–Crippen MR) is 136 cm³/mol. The summed E-state index contributed by atoms with van der Waals surface area (Å²) in [6, 6.07) is 12.9. The molecule has 3 heterocycles. The first kappa shape index (κ1) is 23.3. The number of hydrogen-bond acceptors (Lipinski definition) is 4. The van der Waals surface area contributed by atoms with E-state index in [4.69, 9.17) is 16.7 Å². The van der Waals surface area contributed by atoms with Gasteiger partial charge in [0.2, 0.25) is 5.91 Å². The van der Waals surface area contributed by atoms with Gasteiger partial charge in [-0.05, 0) is 67.6 Å². The Kier molecular flexibility index (Phi) is 6.43. The fraction of sp³-hybridized carbons (Fsp3) is 0.296. The lowest BCUT2D eigenvalue weighted by molar-refractivity contribution is -0.125. The molecule has 0 saturated carbocycles. The van der Waals surface area contributed by atoms with Gasteiger partial charge in [-0.1, -0.05) is 29.8 Å². The molecule has 4 aromatic rings. The van der Waals surface area contributed by atoms with Crippen LogP contribution in [0.3, 0.4) is 0 Å². The van der Waals surface area contributed by atoms with Gasteiger partial charge in [-0.25, -0.2) is 13.9 Å². The number of hydrogen-bond donors (Lipinski definition) is 1. The molecular weight excluding hydrogens is 465 g/mol. The molecule has 0 bridgehead atoms. The zero-order valence-electron chi connectivity index (χ0n) is 19.8. The number of amides is 1. The van der Waals surface area contributed by atoms with Crippen LogP contribution in [0, 0.1) is 25.6 Å². The Morgan fingerprint density at radius 2 is 2.03 bits per heavy atom. The third-order valence-electron chi connectivity index (χ3n) is 6.71. The number of aryl methyl sites for hydroxylation is 2. The number of rotatable bonds is 5. The summed E-state index contributed by atoms with van der Waals surface area (Å²) >= 11 is 5.86. The average Bonchev–Trinajstić information content (AvgIpc) is 3.31. The van der Waals surface area contributed by atoms with Crippen LogP contribution in [0.4, 0.5) is 10.2 Å². The van der Waals surface area contributed by atoms with E-state index in [1.54, 1.807) is 18.3 Å². The molecule has 0 radical (unpaired) electrons. The van der Waals surface area contributed by atoms with Crippen LogP contribution >= 0.6 is 11.6 Å². The highest BCUT2D eigenvalue weighted by atomic mass is 35.5. The van der Waals surface area contributed by atoms with Crippen LogP contribution in [-0.2, 0) is 11.3 Å². The minimum atomic E-state index is -0.466. The van der Waals surface area contributed by atoms with E-state index in [0.717, 1.165) is 47.5 Å². The molecule has 1 unspecified atom stereocenters. The summed E-state index contributed by atoms with van der Waals surface area (Å²) in [5, 5.41) is 7.80. The van der Waals surface area contributed by atoms with Crippen molar-refractivity contribution < 1.29 is 9.18 Å². The topological polar surface area (TPSA) is 62.5 Å². The number of fused-ring (bicyclic) bond motifs is 1. The molecule has 1 amide bonds. The molecule has 0 aliphatic carbocycles. The largest absolute Gasteiger partial charge is 0.354 e. The zero-order valence-corrected chi connectivity index (χ0v) is 20.5. The van der Waals surface area contributed by atoms with Gasteiger partial charge in [0.15, 0.2) is 5.82 Å². The number of nitrogens with one attached hydrogen (secondary N) is 1. The fourth-order valence-electron chi connectivity index (χ4n) is 4.56. The summed E-state index contributed by atoms with van der Waals surface area (Å²) in [7, 11) is 0. The van der Waals surface area contributed by atoms with Crippen molar-refractivity contribution in [1.82, 2.24) is 19.9 Å². The van der Waals surface area contributed by atoms with E-state index >= 15 is 0 Å². The summed E-state index contributed by atoms with van der Waals surface area (Å²) < 4.78 is 15.3. The zero-order chi connectivity index (χ0) is 24.5. The van der Waals surface area contributed by atoms with Crippen molar-refractivity contribution in [1.29, 1.82) is 0 Å². The molecule has 2 aromatic heterocycles. The minimum absolute atomic E-state index is 0.0218. The Labute approximate surface area is 208 Å². The molecule has 1 atom stereocenters. The molecular formula is C27H27ClFN5O. The molecule has 8 heteroatoms. The van der Waals surface area contributed by atoms with E-state index in [1.807, 2.05) is 10.7 Å². The molecule has 6 nitrogen and oxygen atoms in total. The molecule has 1 fully saturated rings. The third kappa shape index (κ3) is 4.86. The lowest BCUT2D eigenvalue weighted by Crippen LogP contribution is -2.43. The van der Waals surface area contributed by atoms with Gasteiger partial charge in [0, 0.05) is 37.6 Å². The van der Waals surface area contributed by atoms with Crippen molar-refractivity contribution in [2.24, 2.45) is 5.92 Å². The van der Waals surface area contributed by atoms with Crippen molar-refractivity contribution in [2.45, 2.75) is 33.2 Å². The number of halogens is 2. The Hall–Kier alpha value is -3.45. The van der Waals surface area contributed by atoms with Gasteiger partial charge in [-0.2, -0.15) is 5.10 Å². The Morgan fingerprint density at radius 3 is 2.83 bits per heavy atom. The molecule has 0 spiro atoms. The van der Waals surface area contributed by atoms with Crippen molar-refractivity contribution in [2.75, 3.05) is 18.0 Å². The van der Waals surface area contributed by atoms with Crippen molar-refractivity contribution in [3.05, 3.63) is 82.4 Å². The van der Waals surface area contributed by atoms with Gasteiger partial charge in [0.1, 0.15) is 11.3 Å². The Morgan fingerprint density at radius 1 is 1.17 bits per heavy atom. The van der Waals surface area contributed by atoms with Crippen LogP contribution in [0.25, 0.3) is 16.8 Å². The van der Waals surface area contributed by atoms with Gasteiger partial charge in [0.25, 0.3) is 0 Å². The third-order valence-corrected chi connectivity index (χ3v) is 7.00. The van der Waals surface area contributed by atoms with E-state index in [2.05, 4.69) is 53.3 Å². The van der Waals surface area contributed by atoms with E-state index in [1.165, 1.54) is 17.2 Å². The highest BCUT2D eigenvalue weighted by Gasteiger charge is 2.28. The summed E-state index contributed by atoms with van der Waals surface area (Å²) in [4.78, 5) is 19.8. The quantitative estimate of drug-likeness (QED) is 0.409. The first-order valence-electron chi connectivity index (χ1n) is 11.8. The van der Waals surface area contributed by atoms with Gasteiger partial charge in [-0.3, -0.25) is 4.79 Å². The molecule has 1 N–H and O–H groups in total. The predicted octanol–water partition coefficient (Wildman–Crippen LogP) is 5.34. The SMILES string of the molecule is Cc1ccc(-c2cc3c(N4CCCC(C(=O)NCc5ccc(F)c(Cl)c5)C4)nccn3n2)cc1C. The number of aromatic nitrogens is 3. The molecule has 35 heavy (non-hydrogen) atoms. The summed E-state index contributed by atoms with van der Waals surface area (Å²) in [6.45, 7) is 5.92. The summed E-state index contributed by atoms with van der Waals surface area (Å²) in [5.74, 6) is 0.181. The Bertz CT molecular complexity index is 1400. The van der Waals surface area contributed by atoms with E-state index in [0.29, 0.717) is 13.1 Å². The first-order valence-corrected chi connectivity index (χ1v) is 12.2. The van der Waals surface area contributed by atoms with Crippen molar-refractivity contribution >= 4 is 28.8 Å². The minimum Gasteiger partial charge on any atom is -0.354 e. The number of nitrogens with zero attached hydrogens (tertiary/aromatic N) is 4. The first-order chi connectivity index (χ1) is 16.9. The van der Waals surface area contributed by atoms with E-state index in [-0.39, 0.29) is 16.8 Å². The van der Waals surface area contributed by atoms with Crippen LogP contribution in [0.5, 0.6) is 0 Å². The molecule has 1 aliphatic rings. The molecule has 1 saturated heterocycles. The normalized spacial score (nSPS) is 16.0. The number of carbonyl (C=O) groups excluding carboxylic acids is 1.